The van der Waals surface area contributed by atoms with Crippen LogP contribution in [-0.4, -0.2) is 10.7 Å². The molecule has 0 aromatic heterocycles. The van der Waals surface area contributed by atoms with Gasteiger partial charge < -0.3 is 9.84 Å². The standard InChI is InChI=1S/C27H40O2/c1-20(2)10-7-11-21(3)12-8-13-22(4)14-9-16-27(6)17-15-24-18-23(5)19-25(28)26(24)29-27/h10,12,14,18-19,28H,7-9,11,13,15-17H2,1-6H3. The molecule has 1 aromatic carbocycles. The second kappa shape index (κ2) is 10.7. The van der Waals surface area contributed by atoms with Crippen LogP contribution in [0.2, 0.25) is 0 Å². The summed E-state index contributed by atoms with van der Waals surface area (Å²) in [7, 11) is 0. The minimum absolute atomic E-state index is 0.196. The molecule has 1 aliphatic rings. The fraction of sp³-hybridized carbons (Fsp3) is 0.556. The number of ether oxygens (including phenoxy) is 1. The lowest BCUT2D eigenvalue weighted by Gasteiger charge is -2.36. The van der Waals surface area contributed by atoms with Gasteiger partial charge in [-0.05, 0) is 110 Å². The predicted octanol–water partition coefficient (Wildman–Crippen LogP) is 7.98. The van der Waals surface area contributed by atoms with Crippen LogP contribution in [0.5, 0.6) is 11.5 Å². The molecule has 1 N–H and O–H groups in total. The van der Waals surface area contributed by atoms with Gasteiger partial charge in [0.1, 0.15) is 5.60 Å². The van der Waals surface area contributed by atoms with Crippen LogP contribution in [0.4, 0.5) is 0 Å². The molecule has 2 rings (SSSR count). The van der Waals surface area contributed by atoms with E-state index in [1.165, 1.54) is 16.7 Å². The van der Waals surface area contributed by atoms with Crippen LogP contribution < -0.4 is 4.74 Å². The van der Waals surface area contributed by atoms with Gasteiger partial charge in [-0.15, -0.1) is 0 Å². The van der Waals surface area contributed by atoms with E-state index in [4.69, 9.17) is 4.74 Å². The Hall–Kier alpha value is -1.96. The van der Waals surface area contributed by atoms with Crippen molar-refractivity contribution >= 4 is 0 Å². The van der Waals surface area contributed by atoms with Gasteiger partial charge in [0.05, 0.1) is 0 Å². The SMILES string of the molecule is CC(C)=CCCC(C)=CCCC(C)=CCCC1(C)CCc2cc(C)cc(O)c2O1. The van der Waals surface area contributed by atoms with Crippen LogP contribution in [-0.2, 0) is 6.42 Å². The molecule has 29 heavy (non-hydrogen) atoms. The van der Waals surface area contributed by atoms with Crippen LogP contribution in [0.3, 0.4) is 0 Å². The molecule has 0 spiro atoms. The van der Waals surface area contributed by atoms with Gasteiger partial charge in [0, 0.05) is 0 Å². The Morgan fingerprint density at radius 2 is 1.62 bits per heavy atom. The van der Waals surface area contributed by atoms with Crippen molar-refractivity contribution < 1.29 is 9.84 Å². The highest BCUT2D eigenvalue weighted by molar-refractivity contribution is 5.50. The number of hydrogen-bond acceptors (Lipinski definition) is 2. The van der Waals surface area contributed by atoms with Crippen LogP contribution in [0.15, 0.2) is 47.1 Å². The first kappa shape index (κ1) is 23.3. The molecule has 0 bridgehead atoms. The number of allylic oxidation sites excluding steroid dienone is 6. The lowest BCUT2D eigenvalue weighted by molar-refractivity contribution is 0.0537. The minimum Gasteiger partial charge on any atom is -0.504 e. The highest BCUT2D eigenvalue weighted by Gasteiger charge is 2.32. The summed E-state index contributed by atoms with van der Waals surface area (Å²) in [6.45, 7) is 13.0. The molecule has 0 radical (unpaired) electrons. The molecule has 160 valence electrons. The van der Waals surface area contributed by atoms with E-state index >= 15 is 0 Å². The molecule has 1 aromatic rings. The third-order valence-corrected chi connectivity index (χ3v) is 5.85. The lowest BCUT2D eigenvalue weighted by atomic mass is 9.88. The van der Waals surface area contributed by atoms with Gasteiger partial charge in [-0.2, -0.15) is 0 Å². The smallest absolute Gasteiger partial charge is 0.164 e. The third-order valence-electron chi connectivity index (χ3n) is 5.85. The molecule has 0 saturated heterocycles. The fourth-order valence-corrected chi connectivity index (χ4v) is 3.97. The maximum atomic E-state index is 10.3. The number of rotatable bonds is 9. The van der Waals surface area contributed by atoms with Crippen molar-refractivity contribution in [1.29, 1.82) is 0 Å². The largest absolute Gasteiger partial charge is 0.504 e. The molecule has 2 heteroatoms. The summed E-state index contributed by atoms with van der Waals surface area (Å²) < 4.78 is 6.26. The van der Waals surface area contributed by atoms with Crippen LogP contribution in [0.25, 0.3) is 0 Å². The summed E-state index contributed by atoms with van der Waals surface area (Å²) in [5.41, 5.74) is 6.38. The van der Waals surface area contributed by atoms with Gasteiger partial charge >= 0.3 is 0 Å². The minimum atomic E-state index is -0.196. The normalized spacial score (nSPS) is 19.5. The Morgan fingerprint density at radius 3 is 2.28 bits per heavy atom. The zero-order valence-electron chi connectivity index (χ0n) is 19.4. The van der Waals surface area contributed by atoms with Gasteiger partial charge in [-0.25, -0.2) is 0 Å². The fourth-order valence-electron chi connectivity index (χ4n) is 3.97. The summed E-state index contributed by atoms with van der Waals surface area (Å²) in [5, 5.41) is 10.3. The Morgan fingerprint density at radius 1 is 1.00 bits per heavy atom. The summed E-state index contributed by atoms with van der Waals surface area (Å²) in [4.78, 5) is 0. The van der Waals surface area contributed by atoms with E-state index in [2.05, 4.69) is 58.9 Å². The molecule has 0 amide bonds. The Bertz CT molecular complexity index is 778. The van der Waals surface area contributed by atoms with Crippen molar-refractivity contribution in [1.82, 2.24) is 0 Å². The van der Waals surface area contributed by atoms with Crippen molar-refractivity contribution in [3.63, 3.8) is 0 Å². The molecule has 1 heterocycles. The second-order valence-corrected chi connectivity index (χ2v) is 9.32. The molecular formula is C27H40O2. The van der Waals surface area contributed by atoms with Crippen molar-refractivity contribution in [3.8, 4) is 11.5 Å². The van der Waals surface area contributed by atoms with Gasteiger partial charge in [0.2, 0.25) is 0 Å². The summed E-state index contributed by atoms with van der Waals surface area (Å²) in [6.07, 6.45) is 15.6. The van der Waals surface area contributed by atoms with E-state index in [1.54, 1.807) is 6.07 Å². The van der Waals surface area contributed by atoms with Crippen LogP contribution in [0.1, 0.15) is 90.7 Å². The number of aryl methyl sites for hydroxylation is 2. The molecule has 0 aliphatic carbocycles. The number of phenolic OH excluding ortho intramolecular Hbond substituents is 1. The maximum absolute atomic E-state index is 10.3. The summed E-state index contributed by atoms with van der Waals surface area (Å²) in [5.74, 6) is 0.975. The topological polar surface area (TPSA) is 29.5 Å². The average Bonchev–Trinajstić information content (AvgIpc) is 2.62. The van der Waals surface area contributed by atoms with E-state index in [0.29, 0.717) is 5.75 Å². The van der Waals surface area contributed by atoms with E-state index in [9.17, 15) is 5.11 Å². The quantitative estimate of drug-likeness (QED) is 0.429. The van der Waals surface area contributed by atoms with E-state index in [0.717, 1.165) is 62.5 Å². The summed E-state index contributed by atoms with van der Waals surface area (Å²) in [6, 6.07) is 3.93. The molecule has 0 saturated carbocycles. The van der Waals surface area contributed by atoms with Crippen LogP contribution >= 0.6 is 0 Å². The highest BCUT2D eigenvalue weighted by Crippen LogP contribution is 2.42. The third kappa shape index (κ3) is 7.76. The number of hydrogen-bond donors (Lipinski definition) is 1. The monoisotopic (exact) mass is 396 g/mol. The Labute approximate surface area is 178 Å². The van der Waals surface area contributed by atoms with Gasteiger partial charge in [-0.1, -0.05) is 41.0 Å². The molecular weight excluding hydrogens is 356 g/mol. The van der Waals surface area contributed by atoms with Crippen molar-refractivity contribution in [2.45, 2.75) is 98.5 Å². The van der Waals surface area contributed by atoms with Crippen molar-refractivity contribution in [2.24, 2.45) is 0 Å². The van der Waals surface area contributed by atoms with Gasteiger partial charge in [0.15, 0.2) is 11.5 Å². The number of benzene rings is 1. The van der Waals surface area contributed by atoms with Crippen LogP contribution in [0, 0.1) is 6.92 Å². The molecule has 0 fully saturated rings. The number of phenols is 1. The van der Waals surface area contributed by atoms with E-state index in [1.807, 2.05) is 6.92 Å². The first-order chi connectivity index (χ1) is 13.7. The van der Waals surface area contributed by atoms with Crippen molar-refractivity contribution in [3.05, 3.63) is 58.2 Å². The van der Waals surface area contributed by atoms with Crippen molar-refractivity contribution in [2.75, 3.05) is 0 Å². The number of fused-ring (bicyclic) bond motifs is 1. The Balaban J connectivity index is 1.79. The lowest BCUT2D eigenvalue weighted by Crippen LogP contribution is -2.36. The highest BCUT2D eigenvalue weighted by atomic mass is 16.5. The molecule has 1 aliphatic heterocycles. The number of aromatic hydroxyl groups is 1. The molecule has 1 atom stereocenters. The summed E-state index contributed by atoms with van der Waals surface area (Å²) >= 11 is 0. The zero-order chi connectivity index (χ0) is 21.4. The molecule has 2 nitrogen and oxygen atoms in total. The van der Waals surface area contributed by atoms with E-state index in [-0.39, 0.29) is 11.4 Å². The first-order valence-electron chi connectivity index (χ1n) is 11.1. The van der Waals surface area contributed by atoms with E-state index < -0.39 is 0 Å². The predicted molar refractivity (Wildman–Crippen MR) is 125 cm³/mol. The molecule has 1 unspecified atom stereocenters. The maximum Gasteiger partial charge on any atom is 0.164 e. The second-order valence-electron chi connectivity index (χ2n) is 9.32. The first-order valence-corrected chi connectivity index (χ1v) is 11.1. The van der Waals surface area contributed by atoms with Gasteiger partial charge in [-0.3, -0.25) is 0 Å². The zero-order valence-corrected chi connectivity index (χ0v) is 19.4. The Kier molecular flexibility index (Phi) is 8.61. The average molecular weight is 397 g/mol. The van der Waals surface area contributed by atoms with Gasteiger partial charge in [0.25, 0.3) is 0 Å².